The number of aromatic nitrogens is 2. The van der Waals surface area contributed by atoms with Crippen LogP contribution in [0.25, 0.3) is 0 Å². The molecule has 0 saturated heterocycles. The topological polar surface area (TPSA) is 134 Å². The van der Waals surface area contributed by atoms with Crippen LogP contribution >= 0.6 is 0 Å². The molecular weight excluding hydrogens is 461 g/mol. The fourth-order valence-electron chi connectivity index (χ4n) is 3.92. The van der Waals surface area contributed by atoms with Crippen molar-refractivity contribution in [3.05, 3.63) is 45.9 Å². The molecule has 2 unspecified atom stereocenters. The van der Waals surface area contributed by atoms with Crippen LogP contribution in [0.2, 0.25) is 0 Å². The van der Waals surface area contributed by atoms with E-state index in [-0.39, 0.29) is 37.3 Å². The van der Waals surface area contributed by atoms with Crippen LogP contribution in [-0.2, 0) is 14.3 Å². The van der Waals surface area contributed by atoms with Gasteiger partial charge in [0.1, 0.15) is 17.7 Å². The van der Waals surface area contributed by atoms with E-state index in [1.165, 1.54) is 37.9 Å². The maximum absolute atomic E-state index is 13.2. The predicted octanol–water partition coefficient (Wildman–Crippen LogP) is 0.677. The minimum atomic E-state index is -0.961. The molecule has 2 heterocycles. The number of halogens is 1. The van der Waals surface area contributed by atoms with E-state index < -0.39 is 46.8 Å². The average Bonchev–Trinajstić information content (AvgIpc) is 3.03. The van der Waals surface area contributed by atoms with Crippen LogP contribution in [0.1, 0.15) is 48.2 Å². The third kappa shape index (κ3) is 5.42. The first-order valence-corrected chi connectivity index (χ1v) is 11.3. The number of allylic oxidation sites excluding steroid dienone is 3. The number of rotatable bonds is 5. The van der Waals surface area contributed by atoms with Crippen LogP contribution in [0, 0.1) is 5.92 Å². The van der Waals surface area contributed by atoms with Gasteiger partial charge in [0.15, 0.2) is 5.69 Å². The average molecular weight is 492 g/mol. The first-order valence-electron chi connectivity index (χ1n) is 11.3. The second-order valence-corrected chi connectivity index (χ2v) is 8.73. The van der Waals surface area contributed by atoms with E-state index in [9.17, 15) is 28.7 Å². The molecule has 190 valence electrons. The van der Waals surface area contributed by atoms with Crippen molar-refractivity contribution in [3.8, 4) is 5.75 Å². The minimum absolute atomic E-state index is 0.0345. The molecule has 1 aromatic heterocycles. The van der Waals surface area contributed by atoms with Crippen molar-refractivity contribution in [3.63, 3.8) is 0 Å². The van der Waals surface area contributed by atoms with Crippen molar-refractivity contribution in [2.75, 3.05) is 40.9 Å². The molecule has 0 fully saturated rings. The van der Waals surface area contributed by atoms with Crippen molar-refractivity contribution in [2.24, 2.45) is 5.92 Å². The highest BCUT2D eigenvalue weighted by atomic mass is 19.1. The Bertz CT molecular complexity index is 1130. The molecule has 0 saturated carbocycles. The molecular formula is C23H30FN5O6. The smallest absolute Gasteiger partial charge is 0.312 e. The Kier molecular flexibility index (Phi) is 8.05. The zero-order valence-electron chi connectivity index (χ0n) is 20.2. The van der Waals surface area contributed by atoms with E-state index in [4.69, 9.17) is 4.74 Å². The summed E-state index contributed by atoms with van der Waals surface area (Å²) in [4.78, 5) is 57.6. The molecule has 11 nitrogen and oxygen atoms in total. The van der Waals surface area contributed by atoms with Crippen LogP contribution in [0.4, 0.5) is 4.39 Å². The fraction of sp³-hybridized carbons (Fsp3) is 0.522. The Balaban J connectivity index is 1.98. The number of aromatic hydroxyl groups is 1. The van der Waals surface area contributed by atoms with E-state index in [1.54, 1.807) is 6.08 Å². The van der Waals surface area contributed by atoms with Gasteiger partial charge >= 0.3 is 11.8 Å². The SMILES string of the molecule is CC[C@H]1COCC(N(C)C(=O)C(=O)N(C)C)c2nc(C(=O)NCC3C=CC(F)=CC3)c(O)c(=O)n21. The molecule has 2 aliphatic rings. The monoisotopic (exact) mass is 491 g/mol. The van der Waals surface area contributed by atoms with Gasteiger partial charge in [0.05, 0.1) is 19.3 Å². The Morgan fingerprint density at radius 3 is 2.57 bits per heavy atom. The normalized spacial score (nSPS) is 21.4. The Morgan fingerprint density at radius 1 is 1.26 bits per heavy atom. The van der Waals surface area contributed by atoms with Crippen molar-refractivity contribution in [1.82, 2.24) is 24.7 Å². The summed E-state index contributed by atoms with van der Waals surface area (Å²) in [5.74, 6) is -3.71. The highest BCUT2D eigenvalue weighted by molar-refractivity contribution is 6.34. The predicted molar refractivity (Wildman–Crippen MR) is 123 cm³/mol. The number of ether oxygens (including phenoxy) is 1. The van der Waals surface area contributed by atoms with Gasteiger partial charge in [-0.05, 0) is 30.9 Å². The quantitative estimate of drug-likeness (QED) is 0.579. The van der Waals surface area contributed by atoms with Gasteiger partial charge in [-0.15, -0.1) is 0 Å². The second kappa shape index (κ2) is 10.8. The fourth-order valence-corrected chi connectivity index (χ4v) is 3.92. The number of carbonyl (C=O) groups excluding carboxylic acids is 3. The molecule has 3 atom stereocenters. The number of nitrogens with zero attached hydrogens (tertiary/aromatic N) is 4. The van der Waals surface area contributed by atoms with Crippen molar-refractivity contribution >= 4 is 17.7 Å². The number of hydrogen-bond donors (Lipinski definition) is 2. The van der Waals surface area contributed by atoms with E-state index in [1.807, 2.05) is 6.92 Å². The molecule has 35 heavy (non-hydrogen) atoms. The van der Waals surface area contributed by atoms with Gasteiger partial charge in [-0.25, -0.2) is 9.37 Å². The van der Waals surface area contributed by atoms with Crippen LogP contribution in [0.15, 0.2) is 28.8 Å². The van der Waals surface area contributed by atoms with Gasteiger partial charge in [-0.3, -0.25) is 23.7 Å². The molecule has 0 spiro atoms. The number of carbonyl (C=O) groups is 3. The summed E-state index contributed by atoms with van der Waals surface area (Å²) in [6.45, 7) is 2.01. The Hall–Kier alpha value is -3.54. The van der Waals surface area contributed by atoms with Gasteiger partial charge in [-0.1, -0.05) is 13.0 Å². The van der Waals surface area contributed by atoms with Gasteiger partial charge < -0.3 is 25.0 Å². The lowest BCUT2D eigenvalue weighted by Gasteiger charge is -2.28. The molecule has 1 aliphatic heterocycles. The van der Waals surface area contributed by atoms with Crippen LogP contribution in [-0.4, -0.2) is 83.1 Å². The summed E-state index contributed by atoms with van der Waals surface area (Å²) in [5.41, 5.74) is -1.34. The highest BCUT2D eigenvalue weighted by Gasteiger charge is 2.36. The van der Waals surface area contributed by atoms with Gasteiger partial charge in [0.2, 0.25) is 5.75 Å². The van der Waals surface area contributed by atoms with Crippen LogP contribution in [0.3, 0.4) is 0 Å². The van der Waals surface area contributed by atoms with Crippen LogP contribution < -0.4 is 10.9 Å². The molecule has 3 amide bonds. The molecule has 3 rings (SSSR count). The molecule has 1 aromatic rings. The largest absolute Gasteiger partial charge is 0.501 e. The zero-order valence-corrected chi connectivity index (χ0v) is 20.2. The maximum atomic E-state index is 13.2. The zero-order chi connectivity index (χ0) is 25.9. The first kappa shape index (κ1) is 26.1. The lowest BCUT2D eigenvalue weighted by atomic mass is 10.0. The summed E-state index contributed by atoms with van der Waals surface area (Å²) in [6, 6.07) is -1.46. The van der Waals surface area contributed by atoms with E-state index in [0.717, 1.165) is 9.80 Å². The molecule has 1 aliphatic carbocycles. The summed E-state index contributed by atoms with van der Waals surface area (Å²) < 4.78 is 20.1. The minimum Gasteiger partial charge on any atom is -0.501 e. The van der Waals surface area contributed by atoms with Crippen molar-refractivity contribution in [2.45, 2.75) is 31.8 Å². The van der Waals surface area contributed by atoms with Gasteiger partial charge in [0.25, 0.3) is 11.5 Å². The lowest BCUT2D eigenvalue weighted by Crippen LogP contribution is -2.45. The number of likely N-dealkylation sites (N-methyl/N-ethyl adjacent to an activating group) is 2. The van der Waals surface area contributed by atoms with Crippen molar-refractivity contribution < 1.29 is 28.6 Å². The maximum Gasteiger partial charge on any atom is 0.312 e. The summed E-state index contributed by atoms with van der Waals surface area (Å²) in [5, 5.41) is 13.2. The number of fused-ring (bicyclic) bond motifs is 1. The standard InChI is InChI=1S/C23H30FN5O6/c1-5-15-11-35-12-16(28(4)23(34)22(33)27(2)3)19-26-17(18(30)21(32)29(15)19)20(31)25-10-13-6-8-14(24)9-7-13/h6,8-9,13,15-16,30H,5,7,10-12H2,1-4H3,(H,25,31)/t13?,15-,16?/m0/s1. The second-order valence-electron chi connectivity index (χ2n) is 8.73. The molecule has 0 aromatic carbocycles. The molecule has 0 bridgehead atoms. The van der Waals surface area contributed by atoms with E-state index >= 15 is 0 Å². The summed E-state index contributed by atoms with van der Waals surface area (Å²) >= 11 is 0. The van der Waals surface area contributed by atoms with Crippen LogP contribution in [0.5, 0.6) is 5.75 Å². The third-order valence-electron chi connectivity index (χ3n) is 6.10. The van der Waals surface area contributed by atoms with Crippen molar-refractivity contribution in [1.29, 1.82) is 0 Å². The van der Waals surface area contributed by atoms with E-state index in [0.29, 0.717) is 12.8 Å². The number of amides is 3. The molecule has 12 heteroatoms. The van der Waals surface area contributed by atoms with Gasteiger partial charge in [-0.2, -0.15) is 0 Å². The Morgan fingerprint density at radius 2 is 1.97 bits per heavy atom. The Labute approximate surface area is 201 Å². The van der Waals surface area contributed by atoms with Gasteiger partial charge in [0, 0.05) is 27.7 Å². The lowest BCUT2D eigenvalue weighted by molar-refractivity contribution is -0.151. The highest BCUT2D eigenvalue weighted by Crippen LogP contribution is 2.28. The third-order valence-corrected chi connectivity index (χ3v) is 6.10. The summed E-state index contributed by atoms with van der Waals surface area (Å²) in [6.07, 6.45) is 5.18. The number of nitrogens with one attached hydrogen (secondary N) is 1. The molecule has 0 radical (unpaired) electrons. The summed E-state index contributed by atoms with van der Waals surface area (Å²) in [7, 11) is 4.26. The molecule has 2 N–H and O–H groups in total. The first-order chi connectivity index (χ1) is 16.6. The number of hydrogen-bond acceptors (Lipinski definition) is 7. The van der Waals surface area contributed by atoms with E-state index in [2.05, 4.69) is 10.3 Å².